The van der Waals surface area contributed by atoms with E-state index in [0.29, 0.717) is 6.61 Å². The van der Waals surface area contributed by atoms with Crippen LogP contribution in [0, 0.1) is 0 Å². The van der Waals surface area contributed by atoms with Gasteiger partial charge in [0.15, 0.2) is 5.76 Å². The van der Waals surface area contributed by atoms with Gasteiger partial charge in [0.05, 0.1) is 6.61 Å². The van der Waals surface area contributed by atoms with Crippen LogP contribution in [-0.2, 0) is 24.1 Å². The molecule has 4 nitrogen and oxygen atoms in total. The van der Waals surface area contributed by atoms with Gasteiger partial charge in [-0.2, -0.15) is 0 Å². The van der Waals surface area contributed by atoms with Crippen LogP contribution >= 0.6 is 0 Å². The Hall–Kier alpha value is -1.65. The van der Waals surface area contributed by atoms with Gasteiger partial charge in [-0.1, -0.05) is 29.4 Å². The number of aryl methyl sites for hydroxylation is 1. The molecule has 1 aliphatic rings. The number of hydrogen-bond donors (Lipinski definition) is 1. The number of hydrogen-bond acceptors (Lipinski definition) is 4. The van der Waals surface area contributed by atoms with Crippen molar-refractivity contribution in [1.82, 2.24) is 10.5 Å². The Morgan fingerprint density at radius 1 is 1.30 bits per heavy atom. The fraction of sp³-hybridized carbons (Fsp3) is 0.438. The van der Waals surface area contributed by atoms with Crippen molar-refractivity contribution < 1.29 is 9.26 Å². The van der Waals surface area contributed by atoms with Gasteiger partial charge in [-0.05, 0) is 24.8 Å². The zero-order valence-corrected chi connectivity index (χ0v) is 11.8. The molecule has 0 spiro atoms. The minimum Gasteiger partial charge on any atom is -0.383 e. The van der Waals surface area contributed by atoms with Crippen molar-refractivity contribution in [3.63, 3.8) is 0 Å². The molecule has 0 saturated heterocycles. The zero-order chi connectivity index (χ0) is 13.8. The highest BCUT2D eigenvalue weighted by Gasteiger charge is 2.21. The molecule has 3 rings (SSSR count). The van der Waals surface area contributed by atoms with Gasteiger partial charge in [0.2, 0.25) is 0 Å². The SMILES string of the molecule is COCCNCc1noc2c1CCCc1ccccc1-2. The maximum Gasteiger partial charge on any atom is 0.170 e. The van der Waals surface area contributed by atoms with Crippen molar-refractivity contribution in [2.75, 3.05) is 20.3 Å². The first-order valence-electron chi connectivity index (χ1n) is 7.15. The summed E-state index contributed by atoms with van der Waals surface area (Å²) in [7, 11) is 1.71. The van der Waals surface area contributed by atoms with Gasteiger partial charge in [-0.25, -0.2) is 0 Å². The summed E-state index contributed by atoms with van der Waals surface area (Å²) in [5.74, 6) is 0.960. The van der Waals surface area contributed by atoms with E-state index in [1.165, 1.54) is 16.7 Å². The number of ether oxygens (including phenoxy) is 1. The number of benzene rings is 1. The van der Waals surface area contributed by atoms with Crippen molar-refractivity contribution in [3.8, 4) is 11.3 Å². The maximum absolute atomic E-state index is 5.63. The summed E-state index contributed by atoms with van der Waals surface area (Å²) < 4.78 is 10.7. The molecule has 1 heterocycles. The molecule has 0 amide bonds. The fourth-order valence-electron chi connectivity index (χ4n) is 2.75. The summed E-state index contributed by atoms with van der Waals surface area (Å²) in [6.45, 7) is 2.28. The molecule has 106 valence electrons. The maximum atomic E-state index is 5.63. The Morgan fingerprint density at radius 3 is 3.10 bits per heavy atom. The molecule has 2 aromatic rings. The van der Waals surface area contributed by atoms with Gasteiger partial charge in [-0.15, -0.1) is 0 Å². The Labute approximate surface area is 119 Å². The average molecular weight is 272 g/mol. The summed E-state index contributed by atoms with van der Waals surface area (Å²) in [5.41, 5.74) is 4.87. The molecule has 0 saturated carbocycles. The van der Waals surface area contributed by atoms with E-state index in [0.717, 1.165) is 43.8 Å². The van der Waals surface area contributed by atoms with E-state index < -0.39 is 0 Å². The van der Waals surface area contributed by atoms with Crippen molar-refractivity contribution in [3.05, 3.63) is 41.1 Å². The third-order valence-electron chi connectivity index (χ3n) is 3.78. The highest BCUT2D eigenvalue weighted by molar-refractivity contribution is 5.67. The number of aromatic nitrogens is 1. The van der Waals surface area contributed by atoms with Crippen LogP contribution in [0.25, 0.3) is 11.3 Å². The molecule has 1 aromatic carbocycles. The van der Waals surface area contributed by atoms with Crippen LogP contribution in [0.1, 0.15) is 23.2 Å². The van der Waals surface area contributed by atoms with Gasteiger partial charge < -0.3 is 14.6 Å². The van der Waals surface area contributed by atoms with Crippen LogP contribution in [0.15, 0.2) is 28.8 Å². The Morgan fingerprint density at radius 2 is 2.20 bits per heavy atom. The second kappa shape index (κ2) is 6.20. The largest absolute Gasteiger partial charge is 0.383 e. The zero-order valence-electron chi connectivity index (χ0n) is 11.8. The molecule has 20 heavy (non-hydrogen) atoms. The van der Waals surface area contributed by atoms with Crippen LogP contribution < -0.4 is 5.32 Å². The highest BCUT2D eigenvalue weighted by Crippen LogP contribution is 2.33. The van der Waals surface area contributed by atoms with E-state index in [1.807, 2.05) is 0 Å². The number of nitrogens with one attached hydrogen (secondary N) is 1. The van der Waals surface area contributed by atoms with Crippen molar-refractivity contribution >= 4 is 0 Å². The number of methoxy groups -OCH3 is 1. The van der Waals surface area contributed by atoms with E-state index in [9.17, 15) is 0 Å². The van der Waals surface area contributed by atoms with Crippen LogP contribution in [-0.4, -0.2) is 25.4 Å². The van der Waals surface area contributed by atoms with Crippen LogP contribution in [0.4, 0.5) is 0 Å². The molecule has 0 bridgehead atoms. The second-order valence-corrected chi connectivity index (χ2v) is 5.12. The summed E-state index contributed by atoms with van der Waals surface area (Å²) in [4.78, 5) is 0. The van der Waals surface area contributed by atoms with Gasteiger partial charge >= 0.3 is 0 Å². The standard InChI is InChI=1S/C16H20N2O2/c1-19-10-9-17-11-15-14-8-4-6-12-5-2-3-7-13(12)16(14)20-18-15/h2-3,5,7,17H,4,6,8-11H2,1H3. The molecule has 1 aliphatic carbocycles. The Kier molecular flexibility index (Phi) is 4.14. The topological polar surface area (TPSA) is 47.3 Å². The first kappa shape index (κ1) is 13.3. The lowest BCUT2D eigenvalue weighted by atomic mass is 10.0. The molecular formula is C16H20N2O2. The molecule has 0 unspecified atom stereocenters. The second-order valence-electron chi connectivity index (χ2n) is 5.12. The predicted molar refractivity (Wildman–Crippen MR) is 77.5 cm³/mol. The normalized spacial score (nSPS) is 13.7. The lowest BCUT2D eigenvalue weighted by Crippen LogP contribution is -2.19. The first-order chi connectivity index (χ1) is 9.90. The predicted octanol–water partition coefficient (Wildman–Crippen LogP) is 2.57. The highest BCUT2D eigenvalue weighted by atomic mass is 16.5. The molecule has 1 aromatic heterocycles. The smallest absolute Gasteiger partial charge is 0.170 e. The van der Waals surface area contributed by atoms with E-state index in [-0.39, 0.29) is 0 Å². The minimum atomic E-state index is 0.711. The lowest BCUT2D eigenvalue weighted by Gasteiger charge is -2.03. The Balaban J connectivity index is 1.83. The van der Waals surface area contributed by atoms with Gasteiger partial charge in [0, 0.05) is 31.3 Å². The van der Waals surface area contributed by atoms with E-state index in [1.54, 1.807) is 7.11 Å². The monoisotopic (exact) mass is 272 g/mol. The third-order valence-corrected chi connectivity index (χ3v) is 3.78. The average Bonchev–Trinajstić information content (AvgIpc) is 2.78. The van der Waals surface area contributed by atoms with Crippen LogP contribution in [0.2, 0.25) is 0 Å². The minimum absolute atomic E-state index is 0.711. The molecule has 0 atom stereocenters. The van der Waals surface area contributed by atoms with Crippen LogP contribution in [0.3, 0.4) is 0 Å². The molecule has 0 radical (unpaired) electrons. The van der Waals surface area contributed by atoms with Crippen molar-refractivity contribution in [2.45, 2.75) is 25.8 Å². The quantitative estimate of drug-likeness (QED) is 0.850. The van der Waals surface area contributed by atoms with E-state index in [4.69, 9.17) is 9.26 Å². The van der Waals surface area contributed by atoms with Crippen LogP contribution in [0.5, 0.6) is 0 Å². The van der Waals surface area contributed by atoms with E-state index >= 15 is 0 Å². The summed E-state index contributed by atoms with van der Waals surface area (Å²) in [6, 6.07) is 8.47. The lowest BCUT2D eigenvalue weighted by molar-refractivity contribution is 0.199. The summed E-state index contributed by atoms with van der Waals surface area (Å²) >= 11 is 0. The molecule has 1 N–H and O–H groups in total. The number of fused-ring (bicyclic) bond motifs is 3. The van der Waals surface area contributed by atoms with Gasteiger partial charge in [0.25, 0.3) is 0 Å². The number of rotatable bonds is 5. The summed E-state index contributed by atoms with van der Waals surface area (Å²) in [6.07, 6.45) is 3.29. The first-order valence-corrected chi connectivity index (χ1v) is 7.15. The van der Waals surface area contributed by atoms with Gasteiger partial charge in [0.1, 0.15) is 5.69 Å². The van der Waals surface area contributed by atoms with Gasteiger partial charge in [-0.3, -0.25) is 0 Å². The third kappa shape index (κ3) is 2.62. The van der Waals surface area contributed by atoms with Crippen molar-refractivity contribution in [1.29, 1.82) is 0 Å². The molecule has 0 fully saturated rings. The summed E-state index contributed by atoms with van der Waals surface area (Å²) in [5, 5.41) is 7.59. The fourth-order valence-corrected chi connectivity index (χ4v) is 2.75. The van der Waals surface area contributed by atoms with Crippen molar-refractivity contribution in [2.24, 2.45) is 0 Å². The van der Waals surface area contributed by atoms with E-state index in [2.05, 4.69) is 34.7 Å². The number of nitrogens with zero attached hydrogens (tertiary/aromatic N) is 1. The Bertz CT molecular complexity index is 578. The molecule has 0 aliphatic heterocycles. The molecular weight excluding hydrogens is 252 g/mol. The molecule has 4 heteroatoms.